The monoisotopic (exact) mass is 622 g/mol. The number of aliphatic hydroxyl groups excluding tert-OH is 5. The Balaban J connectivity index is 1.37. The van der Waals surface area contributed by atoms with Crippen molar-refractivity contribution in [2.45, 2.75) is 162 Å². The minimum absolute atomic E-state index is 0.0231. The fourth-order valence-electron chi connectivity index (χ4n) is 11.9. The van der Waals surface area contributed by atoms with Crippen molar-refractivity contribution >= 4 is 0 Å². The van der Waals surface area contributed by atoms with E-state index < -0.39 is 49.0 Å². The average Bonchev–Trinajstić information content (AvgIpc) is 3.32. The van der Waals surface area contributed by atoms with Gasteiger partial charge in [0.25, 0.3) is 0 Å². The molecule has 5 fully saturated rings. The minimum Gasteiger partial charge on any atom is -0.394 e. The van der Waals surface area contributed by atoms with E-state index in [1.807, 2.05) is 6.92 Å². The molecule has 0 spiro atoms. The van der Waals surface area contributed by atoms with Gasteiger partial charge >= 0.3 is 0 Å². The molecule has 8 heteroatoms. The smallest absolute Gasteiger partial charge is 0.186 e. The Morgan fingerprint density at radius 3 is 2.18 bits per heavy atom. The second kappa shape index (κ2) is 11.8. The second-order valence-corrected chi connectivity index (χ2v) is 17.3. The normalized spacial score (nSPS) is 51.5. The molecule has 0 unspecified atom stereocenters. The first-order chi connectivity index (χ1) is 20.3. The number of allylic oxidation sites excluding steroid dienone is 2. The van der Waals surface area contributed by atoms with Crippen molar-refractivity contribution in [3.63, 3.8) is 0 Å². The molecule has 0 bridgehead atoms. The molecule has 4 aliphatic carbocycles. The van der Waals surface area contributed by atoms with Crippen LogP contribution in [0.4, 0.5) is 0 Å². The third-order valence-electron chi connectivity index (χ3n) is 14.5. The van der Waals surface area contributed by atoms with E-state index in [0.717, 1.165) is 51.4 Å². The summed E-state index contributed by atoms with van der Waals surface area (Å²) in [6, 6.07) is 0. The predicted octanol–water partition coefficient (Wildman–Crippen LogP) is 4.32. The predicted molar refractivity (Wildman–Crippen MR) is 168 cm³/mol. The molecule has 6 N–H and O–H groups in total. The fraction of sp³-hybridized carbons (Fsp3) is 0.944. The summed E-state index contributed by atoms with van der Waals surface area (Å²) < 4.78 is 12.2. The molecule has 1 aliphatic heterocycles. The molecule has 0 aromatic rings. The number of rotatable bonds is 7. The van der Waals surface area contributed by atoms with Gasteiger partial charge in [-0.25, -0.2) is 0 Å². The van der Waals surface area contributed by atoms with Gasteiger partial charge in [0.2, 0.25) is 0 Å². The number of hydrogen-bond acceptors (Lipinski definition) is 8. The van der Waals surface area contributed by atoms with Crippen LogP contribution in [0.15, 0.2) is 11.6 Å². The van der Waals surface area contributed by atoms with Gasteiger partial charge in [-0.15, -0.1) is 0 Å². The van der Waals surface area contributed by atoms with Crippen LogP contribution in [-0.2, 0) is 9.47 Å². The lowest BCUT2D eigenvalue weighted by Crippen LogP contribution is -2.67. The quantitative estimate of drug-likeness (QED) is 0.182. The molecule has 0 aromatic carbocycles. The Labute approximate surface area is 265 Å². The average molecular weight is 623 g/mol. The van der Waals surface area contributed by atoms with Crippen molar-refractivity contribution in [2.75, 3.05) is 6.61 Å². The maximum Gasteiger partial charge on any atom is 0.186 e. The lowest BCUT2D eigenvalue weighted by Gasteiger charge is -2.70. The molecule has 5 aliphatic rings. The Morgan fingerprint density at radius 1 is 0.886 bits per heavy atom. The van der Waals surface area contributed by atoms with Crippen molar-refractivity contribution in [1.82, 2.24) is 0 Å². The van der Waals surface area contributed by atoms with Crippen LogP contribution < -0.4 is 0 Å². The maximum absolute atomic E-state index is 12.0. The molecule has 15 atom stereocenters. The highest BCUT2D eigenvalue weighted by molar-refractivity contribution is 5.20. The lowest BCUT2D eigenvalue weighted by atomic mass is 9.35. The molecule has 44 heavy (non-hydrogen) atoms. The van der Waals surface area contributed by atoms with Crippen molar-refractivity contribution in [2.24, 2.45) is 45.3 Å². The summed E-state index contributed by atoms with van der Waals surface area (Å²) in [7, 11) is 0. The number of aliphatic hydroxyl groups is 6. The number of ether oxygens (including phenoxy) is 2. The van der Waals surface area contributed by atoms with E-state index in [0.29, 0.717) is 18.3 Å². The van der Waals surface area contributed by atoms with E-state index in [-0.39, 0.29) is 39.6 Å². The summed E-state index contributed by atoms with van der Waals surface area (Å²) in [6.07, 6.45) is 3.15. The molecule has 1 saturated heterocycles. The van der Waals surface area contributed by atoms with E-state index in [2.05, 4.69) is 54.5 Å². The van der Waals surface area contributed by atoms with E-state index in [4.69, 9.17) is 9.47 Å². The highest BCUT2D eigenvalue weighted by Crippen LogP contribution is 2.76. The molecule has 1 heterocycles. The molecule has 0 amide bonds. The Hall–Kier alpha value is -0.580. The zero-order chi connectivity index (χ0) is 32.6. The number of fused-ring (bicyclic) bond motifs is 5. The van der Waals surface area contributed by atoms with E-state index >= 15 is 0 Å². The second-order valence-electron chi connectivity index (χ2n) is 17.3. The Kier molecular flexibility index (Phi) is 9.35. The summed E-state index contributed by atoms with van der Waals surface area (Å²) in [6.45, 7) is 17.5. The van der Waals surface area contributed by atoms with Crippen LogP contribution >= 0.6 is 0 Å². The van der Waals surface area contributed by atoms with Crippen molar-refractivity contribution in [3.8, 4) is 0 Å². The van der Waals surface area contributed by atoms with Gasteiger partial charge in [-0.1, -0.05) is 46.3 Å². The third-order valence-corrected chi connectivity index (χ3v) is 14.5. The van der Waals surface area contributed by atoms with Gasteiger partial charge in [-0.2, -0.15) is 0 Å². The highest BCUT2D eigenvalue weighted by atomic mass is 16.7. The number of hydrogen-bond donors (Lipinski definition) is 6. The summed E-state index contributed by atoms with van der Waals surface area (Å²) in [5.74, 6) is 0.792. The molecule has 5 rings (SSSR count). The molecule has 254 valence electrons. The Morgan fingerprint density at radius 2 is 1.55 bits per heavy atom. The van der Waals surface area contributed by atoms with Crippen LogP contribution in [-0.4, -0.2) is 85.8 Å². The summed E-state index contributed by atoms with van der Waals surface area (Å²) in [4.78, 5) is 0. The molecule has 8 nitrogen and oxygen atoms in total. The van der Waals surface area contributed by atoms with Crippen LogP contribution in [0, 0.1) is 45.3 Å². The van der Waals surface area contributed by atoms with Gasteiger partial charge < -0.3 is 40.1 Å². The van der Waals surface area contributed by atoms with Crippen LogP contribution in [0.1, 0.15) is 113 Å². The van der Waals surface area contributed by atoms with Gasteiger partial charge in [-0.05, 0) is 124 Å². The zero-order valence-corrected chi connectivity index (χ0v) is 28.5. The molecule has 0 radical (unpaired) electrons. The molecule has 0 aromatic heterocycles. The van der Waals surface area contributed by atoms with E-state index in [1.165, 1.54) is 5.57 Å². The highest BCUT2D eigenvalue weighted by Gasteiger charge is 2.71. The van der Waals surface area contributed by atoms with Crippen LogP contribution in [0.25, 0.3) is 0 Å². The molecular weight excluding hydrogens is 560 g/mol. The standard InChI is InChI=1S/C36H62O8/c1-20(2)10-9-14-36(8,42)21-11-16-35(7)27(21)22(38)18-25-33(5)15-13-26(32(3,4)24(33)12-17-34(25,35)6)44-31-30(41)29(40)28(39)23(19-37)43-31/h10,21-31,37-42H,9,11-19H2,1-8H3/t21-,22+,23+,24-,25+,26-,27-,28+,29-,30+,31-,33-,34+,35+,36+/m1/s1. The van der Waals surface area contributed by atoms with Gasteiger partial charge in [0.15, 0.2) is 6.29 Å². The van der Waals surface area contributed by atoms with Gasteiger partial charge in [0, 0.05) is 0 Å². The van der Waals surface area contributed by atoms with Gasteiger partial charge in [-0.3, -0.25) is 0 Å². The van der Waals surface area contributed by atoms with Crippen molar-refractivity contribution in [1.29, 1.82) is 0 Å². The summed E-state index contributed by atoms with van der Waals surface area (Å²) in [5, 5.41) is 64.8. The van der Waals surface area contributed by atoms with Crippen LogP contribution in [0.2, 0.25) is 0 Å². The topological polar surface area (TPSA) is 140 Å². The summed E-state index contributed by atoms with van der Waals surface area (Å²) in [5.41, 5.74) is 0.122. The fourth-order valence-corrected chi connectivity index (χ4v) is 11.9. The zero-order valence-electron chi connectivity index (χ0n) is 28.5. The van der Waals surface area contributed by atoms with Crippen LogP contribution in [0.3, 0.4) is 0 Å². The SMILES string of the molecule is CC(C)=CCC[C@](C)(O)[C@@H]1CC[C@@]2(C)[C@H]1[C@@H](O)C[C@H]1[C@]3(C)CC[C@@H](O[C@H]4O[C@@H](CO)[C@H](O)[C@@H](O)[C@@H]4O)C(C)(C)[C@H]3CC[C@@]12C. The maximum atomic E-state index is 12.0. The Bertz CT molecular complexity index is 1070. The van der Waals surface area contributed by atoms with E-state index in [1.54, 1.807) is 0 Å². The minimum atomic E-state index is -1.46. The van der Waals surface area contributed by atoms with Crippen molar-refractivity contribution < 1.29 is 40.1 Å². The van der Waals surface area contributed by atoms with Crippen LogP contribution in [0.5, 0.6) is 0 Å². The first-order valence-electron chi connectivity index (χ1n) is 17.3. The third kappa shape index (κ3) is 5.26. The van der Waals surface area contributed by atoms with Crippen molar-refractivity contribution in [3.05, 3.63) is 11.6 Å². The first kappa shape index (κ1) is 34.7. The molecular formula is C36H62O8. The largest absolute Gasteiger partial charge is 0.394 e. The van der Waals surface area contributed by atoms with Gasteiger partial charge in [0.1, 0.15) is 24.4 Å². The molecule has 4 saturated carbocycles. The van der Waals surface area contributed by atoms with E-state index in [9.17, 15) is 30.6 Å². The summed E-state index contributed by atoms with van der Waals surface area (Å²) >= 11 is 0. The first-order valence-corrected chi connectivity index (χ1v) is 17.3. The van der Waals surface area contributed by atoms with Gasteiger partial charge in [0.05, 0.1) is 24.4 Å². The lowest BCUT2D eigenvalue weighted by molar-refractivity contribution is -0.332.